The number of benzene rings is 2. The van der Waals surface area contributed by atoms with E-state index in [-0.39, 0.29) is 6.61 Å². The molecule has 1 N–H and O–H groups in total. The molecule has 104 valence electrons. The summed E-state index contributed by atoms with van der Waals surface area (Å²) in [6.07, 6.45) is 0. The van der Waals surface area contributed by atoms with Crippen LogP contribution in [0.3, 0.4) is 0 Å². The van der Waals surface area contributed by atoms with Gasteiger partial charge in [-0.3, -0.25) is 4.79 Å². The molecule has 4 nitrogen and oxygen atoms in total. The van der Waals surface area contributed by atoms with Crippen molar-refractivity contribution >= 4 is 29.1 Å². The molecule has 0 saturated heterocycles. The average molecular weight is 312 g/mol. The fraction of sp³-hybridized carbons (Fsp3) is 0.0714. The number of hydroxylamine groups is 1. The van der Waals surface area contributed by atoms with Crippen molar-refractivity contribution in [1.82, 2.24) is 5.48 Å². The Kier molecular flexibility index (Phi) is 5.09. The number of para-hydroxylation sites is 1. The number of hydrogen-bond donors (Lipinski definition) is 1. The van der Waals surface area contributed by atoms with Gasteiger partial charge in [0.2, 0.25) is 0 Å². The molecule has 0 aromatic heterocycles. The number of ether oxygens (including phenoxy) is 1. The second-order valence-corrected chi connectivity index (χ2v) is 4.65. The molecule has 20 heavy (non-hydrogen) atoms. The van der Waals surface area contributed by atoms with Crippen molar-refractivity contribution in [3.05, 3.63) is 58.6 Å². The molecule has 6 heteroatoms. The quantitative estimate of drug-likeness (QED) is 0.860. The van der Waals surface area contributed by atoms with Gasteiger partial charge in [0, 0.05) is 5.02 Å². The Labute approximate surface area is 126 Å². The standard InChI is InChI=1S/C14H11Cl2NO3/c15-10-6-7-13(12(16)8-10)19-9-14(18)17-20-11-4-2-1-3-5-11/h1-8H,9H2,(H,17,18). The summed E-state index contributed by atoms with van der Waals surface area (Å²) in [5.41, 5.74) is 2.27. The zero-order chi connectivity index (χ0) is 14.4. The molecular formula is C14H11Cl2NO3. The zero-order valence-corrected chi connectivity index (χ0v) is 11.8. The minimum Gasteiger partial charge on any atom is -0.482 e. The van der Waals surface area contributed by atoms with E-state index in [1.54, 1.807) is 36.4 Å². The van der Waals surface area contributed by atoms with Crippen LogP contribution in [0.25, 0.3) is 0 Å². The minimum atomic E-state index is -0.431. The molecule has 0 heterocycles. The van der Waals surface area contributed by atoms with Crippen molar-refractivity contribution in [2.45, 2.75) is 0 Å². The summed E-state index contributed by atoms with van der Waals surface area (Å²) in [6.45, 7) is -0.214. The van der Waals surface area contributed by atoms with Crippen LogP contribution < -0.4 is 15.1 Å². The molecule has 2 rings (SSSR count). The van der Waals surface area contributed by atoms with E-state index in [4.69, 9.17) is 32.8 Å². The molecule has 0 saturated carbocycles. The first kappa shape index (κ1) is 14.5. The van der Waals surface area contributed by atoms with Gasteiger partial charge in [-0.05, 0) is 30.3 Å². The van der Waals surface area contributed by atoms with E-state index in [0.29, 0.717) is 21.5 Å². The van der Waals surface area contributed by atoms with Crippen molar-refractivity contribution in [1.29, 1.82) is 0 Å². The second-order valence-electron chi connectivity index (χ2n) is 3.80. The lowest BCUT2D eigenvalue weighted by atomic mass is 10.3. The third-order valence-corrected chi connectivity index (χ3v) is 2.81. The smallest absolute Gasteiger partial charge is 0.290 e. The monoisotopic (exact) mass is 311 g/mol. The number of carbonyl (C=O) groups excluding carboxylic acids is 1. The number of amides is 1. The molecule has 1 amide bonds. The largest absolute Gasteiger partial charge is 0.482 e. The highest BCUT2D eigenvalue weighted by molar-refractivity contribution is 6.35. The van der Waals surface area contributed by atoms with E-state index in [2.05, 4.69) is 5.48 Å². The summed E-state index contributed by atoms with van der Waals surface area (Å²) in [7, 11) is 0. The van der Waals surface area contributed by atoms with E-state index < -0.39 is 5.91 Å². The van der Waals surface area contributed by atoms with Crippen LogP contribution in [-0.4, -0.2) is 12.5 Å². The van der Waals surface area contributed by atoms with Gasteiger partial charge in [-0.15, -0.1) is 0 Å². The third-order valence-electron chi connectivity index (χ3n) is 2.28. The predicted molar refractivity (Wildman–Crippen MR) is 77.2 cm³/mol. The van der Waals surface area contributed by atoms with E-state index in [1.807, 2.05) is 6.07 Å². The number of hydrogen-bond acceptors (Lipinski definition) is 3. The van der Waals surface area contributed by atoms with E-state index in [9.17, 15) is 4.79 Å². The maximum Gasteiger partial charge on any atom is 0.290 e. The van der Waals surface area contributed by atoms with Gasteiger partial charge in [-0.25, -0.2) is 0 Å². The van der Waals surface area contributed by atoms with Crippen molar-refractivity contribution < 1.29 is 14.4 Å². The Morgan fingerprint density at radius 1 is 1.10 bits per heavy atom. The van der Waals surface area contributed by atoms with Crippen LogP contribution in [-0.2, 0) is 4.79 Å². The van der Waals surface area contributed by atoms with Gasteiger partial charge in [0.25, 0.3) is 5.91 Å². The molecule has 0 fully saturated rings. The van der Waals surface area contributed by atoms with Gasteiger partial charge in [0.05, 0.1) is 5.02 Å². The van der Waals surface area contributed by atoms with E-state index in [0.717, 1.165) is 0 Å². The maximum absolute atomic E-state index is 11.5. The molecule has 0 spiro atoms. The SMILES string of the molecule is O=C(COc1ccc(Cl)cc1Cl)NOc1ccccc1. The van der Waals surface area contributed by atoms with Crippen molar-refractivity contribution in [3.63, 3.8) is 0 Å². The molecule has 2 aromatic carbocycles. The molecular weight excluding hydrogens is 301 g/mol. The summed E-state index contributed by atoms with van der Waals surface area (Å²) in [5, 5.41) is 0.841. The number of halogens is 2. The van der Waals surface area contributed by atoms with Crippen LogP contribution >= 0.6 is 23.2 Å². The Balaban J connectivity index is 1.80. The predicted octanol–water partition coefficient (Wildman–Crippen LogP) is 3.48. The van der Waals surface area contributed by atoms with Gasteiger partial charge in [0.15, 0.2) is 12.4 Å². The summed E-state index contributed by atoms with van der Waals surface area (Å²) in [5.74, 6) is 0.483. The third kappa shape index (κ3) is 4.33. The first-order valence-corrected chi connectivity index (χ1v) is 6.49. The van der Waals surface area contributed by atoms with Crippen LogP contribution in [0, 0.1) is 0 Å². The van der Waals surface area contributed by atoms with Gasteiger partial charge in [0.1, 0.15) is 5.75 Å². The van der Waals surface area contributed by atoms with E-state index >= 15 is 0 Å². The molecule has 0 unspecified atom stereocenters. The lowest BCUT2D eigenvalue weighted by Crippen LogP contribution is -2.31. The van der Waals surface area contributed by atoms with Crippen LogP contribution in [0.2, 0.25) is 10.0 Å². The lowest BCUT2D eigenvalue weighted by Gasteiger charge is -2.09. The number of carbonyl (C=O) groups is 1. The molecule has 0 aliphatic rings. The van der Waals surface area contributed by atoms with Crippen LogP contribution in [0.1, 0.15) is 0 Å². The highest BCUT2D eigenvalue weighted by atomic mass is 35.5. The minimum absolute atomic E-state index is 0.214. The molecule has 2 aromatic rings. The Morgan fingerprint density at radius 3 is 2.55 bits per heavy atom. The first-order valence-electron chi connectivity index (χ1n) is 5.74. The zero-order valence-electron chi connectivity index (χ0n) is 10.3. The lowest BCUT2D eigenvalue weighted by molar-refractivity contribution is -0.129. The van der Waals surface area contributed by atoms with Gasteiger partial charge >= 0.3 is 0 Å². The summed E-state index contributed by atoms with van der Waals surface area (Å²) in [4.78, 5) is 16.6. The Morgan fingerprint density at radius 2 is 1.85 bits per heavy atom. The Bertz CT molecular complexity index is 590. The summed E-state index contributed by atoms with van der Waals surface area (Å²) in [6, 6.07) is 13.6. The summed E-state index contributed by atoms with van der Waals surface area (Å²) >= 11 is 11.7. The molecule has 0 aliphatic carbocycles. The normalized spacial score (nSPS) is 9.90. The average Bonchev–Trinajstić information content (AvgIpc) is 2.45. The van der Waals surface area contributed by atoms with Crippen molar-refractivity contribution in [2.24, 2.45) is 0 Å². The fourth-order valence-electron chi connectivity index (χ4n) is 1.37. The Hall–Kier alpha value is -1.91. The highest BCUT2D eigenvalue weighted by Gasteiger charge is 2.07. The van der Waals surface area contributed by atoms with Crippen molar-refractivity contribution in [2.75, 3.05) is 6.61 Å². The fourth-order valence-corrected chi connectivity index (χ4v) is 1.83. The molecule has 0 atom stereocenters. The maximum atomic E-state index is 11.5. The second kappa shape index (κ2) is 7.03. The molecule has 0 aliphatic heterocycles. The first-order chi connectivity index (χ1) is 9.65. The number of nitrogens with one attached hydrogen (secondary N) is 1. The van der Waals surface area contributed by atoms with Crippen LogP contribution in [0.4, 0.5) is 0 Å². The van der Waals surface area contributed by atoms with Crippen LogP contribution in [0.5, 0.6) is 11.5 Å². The highest BCUT2D eigenvalue weighted by Crippen LogP contribution is 2.27. The van der Waals surface area contributed by atoms with Crippen LogP contribution in [0.15, 0.2) is 48.5 Å². The van der Waals surface area contributed by atoms with Crippen molar-refractivity contribution in [3.8, 4) is 11.5 Å². The molecule has 0 radical (unpaired) electrons. The van der Waals surface area contributed by atoms with Gasteiger partial charge in [-0.2, -0.15) is 5.48 Å². The number of rotatable bonds is 5. The topological polar surface area (TPSA) is 47.6 Å². The molecule has 0 bridgehead atoms. The van der Waals surface area contributed by atoms with Gasteiger partial charge in [-0.1, -0.05) is 41.4 Å². The van der Waals surface area contributed by atoms with Gasteiger partial charge < -0.3 is 9.57 Å². The van der Waals surface area contributed by atoms with E-state index in [1.165, 1.54) is 6.07 Å². The summed E-state index contributed by atoms with van der Waals surface area (Å²) < 4.78 is 5.26.